The zero-order valence-corrected chi connectivity index (χ0v) is 19.9. The molecule has 0 unspecified atom stereocenters. The monoisotopic (exact) mass is 462 g/mol. The van der Waals surface area contributed by atoms with Gasteiger partial charge in [0.25, 0.3) is 5.91 Å². The molecule has 1 saturated heterocycles. The van der Waals surface area contributed by atoms with Crippen LogP contribution in [0.25, 0.3) is 0 Å². The first kappa shape index (κ1) is 23.2. The fourth-order valence-electron chi connectivity index (χ4n) is 4.37. The molecule has 5 nitrogen and oxygen atoms in total. The van der Waals surface area contributed by atoms with E-state index in [4.69, 9.17) is 0 Å². The van der Waals surface area contributed by atoms with Gasteiger partial charge in [-0.05, 0) is 61.1 Å². The Hall–Kier alpha value is -2.96. The van der Waals surface area contributed by atoms with Crippen LogP contribution in [0.4, 0.5) is 0 Å². The van der Waals surface area contributed by atoms with Gasteiger partial charge in [-0.3, -0.25) is 4.79 Å². The summed E-state index contributed by atoms with van der Waals surface area (Å²) in [5, 5.41) is 3.14. The van der Waals surface area contributed by atoms with Crippen molar-refractivity contribution in [3.05, 3.63) is 101 Å². The van der Waals surface area contributed by atoms with Gasteiger partial charge in [0.2, 0.25) is 10.0 Å². The van der Waals surface area contributed by atoms with Crippen molar-refractivity contribution >= 4 is 15.9 Å². The molecule has 1 atom stereocenters. The SMILES string of the molecule is Cc1ccccc1[C@H](NC(=O)c1ccc(C)c(S(=O)(=O)N2CCCCC2)c1)c1ccccc1. The number of amides is 1. The number of piperidine rings is 1. The third-order valence-electron chi connectivity index (χ3n) is 6.29. The van der Waals surface area contributed by atoms with E-state index in [0.29, 0.717) is 24.2 Å². The van der Waals surface area contributed by atoms with E-state index < -0.39 is 10.0 Å². The minimum absolute atomic E-state index is 0.212. The predicted octanol–water partition coefficient (Wildman–Crippen LogP) is 5.00. The number of sulfonamides is 1. The Morgan fingerprint density at radius 1 is 0.848 bits per heavy atom. The highest BCUT2D eigenvalue weighted by Gasteiger charge is 2.28. The first-order chi connectivity index (χ1) is 15.9. The molecule has 1 heterocycles. The minimum Gasteiger partial charge on any atom is -0.341 e. The molecule has 3 aromatic rings. The summed E-state index contributed by atoms with van der Waals surface area (Å²) in [6, 6.07) is 22.4. The molecule has 0 aromatic heterocycles. The third-order valence-corrected chi connectivity index (χ3v) is 8.33. The lowest BCUT2D eigenvalue weighted by molar-refractivity contribution is 0.0942. The number of benzene rings is 3. The number of aryl methyl sites for hydroxylation is 2. The fourth-order valence-corrected chi connectivity index (χ4v) is 6.14. The van der Waals surface area contributed by atoms with E-state index in [1.165, 1.54) is 6.07 Å². The van der Waals surface area contributed by atoms with Gasteiger partial charge in [0, 0.05) is 18.7 Å². The topological polar surface area (TPSA) is 66.5 Å². The molecule has 0 bridgehead atoms. The lowest BCUT2D eigenvalue weighted by Gasteiger charge is -2.27. The van der Waals surface area contributed by atoms with E-state index >= 15 is 0 Å². The van der Waals surface area contributed by atoms with E-state index in [2.05, 4.69) is 5.32 Å². The number of rotatable bonds is 6. The van der Waals surface area contributed by atoms with Gasteiger partial charge < -0.3 is 5.32 Å². The zero-order valence-electron chi connectivity index (χ0n) is 19.1. The summed E-state index contributed by atoms with van der Waals surface area (Å²) in [7, 11) is -3.63. The molecule has 3 aromatic carbocycles. The third kappa shape index (κ3) is 5.02. The number of nitrogens with one attached hydrogen (secondary N) is 1. The van der Waals surface area contributed by atoms with Crippen LogP contribution in [0.15, 0.2) is 77.7 Å². The summed E-state index contributed by atoms with van der Waals surface area (Å²) in [6.07, 6.45) is 2.79. The van der Waals surface area contributed by atoms with Gasteiger partial charge >= 0.3 is 0 Å². The van der Waals surface area contributed by atoms with Gasteiger partial charge in [-0.1, -0.05) is 67.1 Å². The van der Waals surface area contributed by atoms with Gasteiger partial charge in [-0.2, -0.15) is 4.31 Å². The zero-order chi connectivity index (χ0) is 23.4. The van der Waals surface area contributed by atoms with Gasteiger partial charge in [0.1, 0.15) is 0 Å². The number of hydrogen-bond donors (Lipinski definition) is 1. The average molecular weight is 463 g/mol. The largest absolute Gasteiger partial charge is 0.341 e. The van der Waals surface area contributed by atoms with Crippen molar-refractivity contribution in [2.75, 3.05) is 13.1 Å². The summed E-state index contributed by atoms with van der Waals surface area (Å²) in [5.74, 6) is -0.304. The Balaban J connectivity index is 1.67. The number of nitrogens with zero attached hydrogens (tertiary/aromatic N) is 1. The Morgan fingerprint density at radius 3 is 2.21 bits per heavy atom. The summed E-state index contributed by atoms with van der Waals surface area (Å²) in [6.45, 7) is 4.86. The number of carbonyl (C=O) groups is 1. The standard InChI is InChI=1S/C27H30N2O3S/c1-20-11-7-8-14-24(20)26(22-12-5-3-6-13-22)28-27(30)23-16-15-21(2)25(19-23)33(31,32)29-17-9-4-10-18-29/h3,5-8,11-16,19,26H,4,9-10,17-18H2,1-2H3,(H,28,30)/t26-/m1/s1. The van der Waals surface area contributed by atoms with Gasteiger partial charge in [-0.15, -0.1) is 0 Å². The Morgan fingerprint density at radius 2 is 1.52 bits per heavy atom. The Kier molecular flexibility index (Phi) is 6.96. The Bertz CT molecular complexity index is 1230. The van der Waals surface area contributed by atoms with Crippen molar-refractivity contribution in [2.24, 2.45) is 0 Å². The molecule has 1 fully saturated rings. The molecule has 4 rings (SSSR count). The van der Waals surface area contributed by atoms with Crippen LogP contribution in [0.2, 0.25) is 0 Å². The maximum absolute atomic E-state index is 13.4. The first-order valence-electron chi connectivity index (χ1n) is 11.4. The van der Waals surface area contributed by atoms with Crippen molar-refractivity contribution in [1.82, 2.24) is 9.62 Å². The highest BCUT2D eigenvalue weighted by Crippen LogP contribution is 2.27. The van der Waals surface area contributed by atoms with Crippen molar-refractivity contribution in [1.29, 1.82) is 0 Å². The lowest BCUT2D eigenvalue weighted by Crippen LogP contribution is -2.36. The van der Waals surface area contributed by atoms with Crippen molar-refractivity contribution in [3.63, 3.8) is 0 Å². The highest BCUT2D eigenvalue weighted by molar-refractivity contribution is 7.89. The fraction of sp³-hybridized carbons (Fsp3) is 0.296. The van der Waals surface area contributed by atoms with E-state index in [1.54, 1.807) is 23.4 Å². The van der Waals surface area contributed by atoms with Crippen molar-refractivity contribution < 1.29 is 13.2 Å². The Labute approximate surface area is 196 Å². The molecule has 0 spiro atoms. The van der Waals surface area contributed by atoms with Crippen LogP contribution in [0, 0.1) is 13.8 Å². The second-order valence-corrected chi connectivity index (χ2v) is 10.5. The second kappa shape index (κ2) is 9.89. The van der Waals surface area contributed by atoms with Gasteiger partial charge in [0.15, 0.2) is 0 Å². The molecule has 6 heteroatoms. The maximum Gasteiger partial charge on any atom is 0.252 e. The predicted molar refractivity (Wildman–Crippen MR) is 131 cm³/mol. The smallest absolute Gasteiger partial charge is 0.252 e. The number of hydrogen-bond acceptors (Lipinski definition) is 3. The van der Waals surface area contributed by atoms with Crippen molar-refractivity contribution in [3.8, 4) is 0 Å². The van der Waals surface area contributed by atoms with Crippen LogP contribution in [0.3, 0.4) is 0 Å². The molecule has 0 saturated carbocycles. The molecule has 1 aliphatic heterocycles. The first-order valence-corrected chi connectivity index (χ1v) is 12.8. The molecule has 1 amide bonds. The van der Waals surface area contributed by atoms with E-state index in [1.807, 2.05) is 61.5 Å². The summed E-state index contributed by atoms with van der Waals surface area (Å²) in [5.41, 5.74) is 4.03. The van der Waals surface area contributed by atoms with Crippen LogP contribution in [-0.4, -0.2) is 31.7 Å². The summed E-state index contributed by atoms with van der Waals surface area (Å²) in [4.78, 5) is 13.6. The number of carbonyl (C=O) groups excluding carboxylic acids is 1. The lowest BCUT2D eigenvalue weighted by atomic mass is 9.94. The highest BCUT2D eigenvalue weighted by atomic mass is 32.2. The summed E-state index contributed by atoms with van der Waals surface area (Å²) < 4.78 is 28.1. The van der Waals surface area contributed by atoms with Crippen LogP contribution in [0.1, 0.15) is 57.9 Å². The molecule has 1 aliphatic rings. The van der Waals surface area contributed by atoms with E-state index in [0.717, 1.165) is 36.0 Å². The average Bonchev–Trinajstić information content (AvgIpc) is 2.84. The second-order valence-electron chi connectivity index (χ2n) is 8.62. The van der Waals surface area contributed by atoms with Gasteiger partial charge in [-0.25, -0.2) is 8.42 Å². The molecule has 172 valence electrons. The van der Waals surface area contributed by atoms with Crippen LogP contribution < -0.4 is 5.32 Å². The van der Waals surface area contributed by atoms with Crippen LogP contribution in [0.5, 0.6) is 0 Å². The molecular weight excluding hydrogens is 432 g/mol. The molecule has 33 heavy (non-hydrogen) atoms. The molecule has 0 radical (unpaired) electrons. The maximum atomic E-state index is 13.4. The van der Waals surface area contributed by atoms with E-state index in [9.17, 15) is 13.2 Å². The van der Waals surface area contributed by atoms with Crippen LogP contribution >= 0.6 is 0 Å². The minimum atomic E-state index is -3.63. The van der Waals surface area contributed by atoms with Gasteiger partial charge in [0.05, 0.1) is 10.9 Å². The summed E-state index contributed by atoms with van der Waals surface area (Å²) >= 11 is 0. The normalized spacial score (nSPS) is 15.7. The molecule has 1 N–H and O–H groups in total. The van der Waals surface area contributed by atoms with E-state index in [-0.39, 0.29) is 16.8 Å². The quantitative estimate of drug-likeness (QED) is 0.561. The molecule has 0 aliphatic carbocycles. The van der Waals surface area contributed by atoms with Crippen LogP contribution in [-0.2, 0) is 10.0 Å². The van der Waals surface area contributed by atoms with Crippen molar-refractivity contribution in [2.45, 2.75) is 44.0 Å². The molecular formula is C27H30N2O3S.